The Hall–Kier alpha value is -2.00. The Kier molecular flexibility index (Phi) is 4.95. The Morgan fingerprint density at radius 2 is 2.21 bits per heavy atom. The molecule has 0 aliphatic rings. The van der Waals surface area contributed by atoms with Crippen molar-refractivity contribution in [1.82, 2.24) is 5.32 Å². The summed E-state index contributed by atoms with van der Waals surface area (Å²) in [7, 11) is 1.36. The van der Waals surface area contributed by atoms with E-state index in [1.165, 1.54) is 19.2 Å². The summed E-state index contributed by atoms with van der Waals surface area (Å²) >= 11 is 0. The first-order chi connectivity index (χ1) is 8.90. The zero-order chi connectivity index (χ0) is 14.5. The van der Waals surface area contributed by atoms with E-state index in [0.717, 1.165) is 12.1 Å². The van der Waals surface area contributed by atoms with Gasteiger partial charge in [0, 0.05) is 7.05 Å². The number of terminal acetylenes is 1. The SMILES string of the molecule is C#CCOC(C(=O)NC)c1cccc(C(F)(F)F)c1. The summed E-state index contributed by atoms with van der Waals surface area (Å²) in [5.74, 6) is 1.61. The summed E-state index contributed by atoms with van der Waals surface area (Å²) in [5.41, 5.74) is -0.743. The van der Waals surface area contributed by atoms with E-state index in [-0.39, 0.29) is 12.2 Å². The number of hydrogen-bond acceptors (Lipinski definition) is 2. The van der Waals surface area contributed by atoms with E-state index in [4.69, 9.17) is 11.2 Å². The van der Waals surface area contributed by atoms with Crippen LogP contribution in [0.4, 0.5) is 13.2 Å². The lowest BCUT2D eigenvalue weighted by Gasteiger charge is -2.17. The van der Waals surface area contributed by atoms with E-state index in [0.29, 0.717) is 0 Å². The van der Waals surface area contributed by atoms with E-state index in [1.807, 2.05) is 0 Å². The van der Waals surface area contributed by atoms with E-state index < -0.39 is 23.8 Å². The van der Waals surface area contributed by atoms with Crippen molar-refractivity contribution in [2.75, 3.05) is 13.7 Å². The van der Waals surface area contributed by atoms with Gasteiger partial charge in [-0.1, -0.05) is 18.1 Å². The minimum Gasteiger partial charge on any atom is -0.357 e. The van der Waals surface area contributed by atoms with E-state index in [1.54, 1.807) is 0 Å². The van der Waals surface area contributed by atoms with Gasteiger partial charge in [0.05, 0.1) is 5.56 Å². The van der Waals surface area contributed by atoms with Crippen molar-refractivity contribution >= 4 is 5.91 Å². The molecular weight excluding hydrogens is 259 g/mol. The lowest BCUT2D eigenvalue weighted by Crippen LogP contribution is -2.28. The summed E-state index contributed by atoms with van der Waals surface area (Å²) in [6.07, 6.45) is -0.631. The van der Waals surface area contributed by atoms with Crippen LogP contribution in [0.1, 0.15) is 17.2 Å². The Labute approximate surface area is 108 Å². The van der Waals surface area contributed by atoms with Crippen molar-refractivity contribution in [1.29, 1.82) is 0 Å². The topological polar surface area (TPSA) is 38.3 Å². The number of rotatable bonds is 4. The molecule has 0 bridgehead atoms. The number of benzene rings is 1. The summed E-state index contributed by atoms with van der Waals surface area (Å²) < 4.78 is 42.9. The predicted octanol–water partition coefficient (Wildman–Crippen LogP) is 2.14. The average molecular weight is 271 g/mol. The maximum absolute atomic E-state index is 12.6. The highest BCUT2D eigenvalue weighted by Crippen LogP contribution is 2.31. The normalized spacial score (nSPS) is 12.6. The van der Waals surface area contributed by atoms with Crippen molar-refractivity contribution in [2.45, 2.75) is 12.3 Å². The summed E-state index contributed by atoms with van der Waals surface area (Å²) in [6.45, 7) is -0.172. The molecule has 0 spiro atoms. The molecular formula is C13H12F3NO2. The smallest absolute Gasteiger partial charge is 0.357 e. The molecule has 1 unspecified atom stereocenters. The number of hydrogen-bond donors (Lipinski definition) is 1. The second-order valence-electron chi connectivity index (χ2n) is 3.63. The first kappa shape index (κ1) is 15.1. The number of alkyl halides is 3. The van der Waals surface area contributed by atoms with Crippen LogP contribution in [0, 0.1) is 12.3 Å². The van der Waals surface area contributed by atoms with Gasteiger partial charge in [0.25, 0.3) is 5.91 Å². The van der Waals surface area contributed by atoms with Crippen LogP contribution in [0.2, 0.25) is 0 Å². The fraction of sp³-hybridized carbons (Fsp3) is 0.308. The Bertz CT molecular complexity index is 491. The number of carbonyl (C=O) groups is 1. The van der Waals surface area contributed by atoms with E-state index in [2.05, 4.69) is 11.2 Å². The van der Waals surface area contributed by atoms with Gasteiger partial charge in [-0.05, 0) is 17.7 Å². The molecule has 0 heterocycles. The molecule has 0 radical (unpaired) electrons. The monoisotopic (exact) mass is 271 g/mol. The van der Waals surface area contributed by atoms with Gasteiger partial charge in [-0.3, -0.25) is 4.79 Å². The van der Waals surface area contributed by atoms with Crippen molar-refractivity contribution in [3.8, 4) is 12.3 Å². The average Bonchev–Trinajstić information content (AvgIpc) is 2.38. The number of likely N-dealkylation sites (N-methyl/N-ethyl adjacent to an activating group) is 1. The van der Waals surface area contributed by atoms with Crippen LogP contribution in [-0.2, 0) is 15.7 Å². The number of ether oxygens (including phenoxy) is 1. The minimum absolute atomic E-state index is 0.101. The standard InChI is InChI=1S/C13H12F3NO2/c1-3-7-19-11(12(18)17-2)9-5-4-6-10(8-9)13(14,15)16/h1,4-6,8,11H,7H2,2H3,(H,17,18). The maximum Gasteiger partial charge on any atom is 0.416 e. The lowest BCUT2D eigenvalue weighted by atomic mass is 10.0. The quantitative estimate of drug-likeness (QED) is 0.852. The number of carbonyl (C=O) groups excluding carboxylic acids is 1. The number of nitrogens with one attached hydrogen (secondary N) is 1. The molecule has 1 aromatic carbocycles. The van der Waals surface area contributed by atoms with E-state index in [9.17, 15) is 18.0 Å². The second kappa shape index (κ2) is 6.25. The number of halogens is 3. The van der Waals surface area contributed by atoms with Gasteiger partial charge in [-0.25, -0.2) is 0 Å². The van der Waals surface area contributed by atoms with Crippen LogP contribution in [0.3, 0.4) is 0 Å². The Morgan fingerprint density at radius 3 is 2.74 bits per heavy atom. The van der Waals surface area contributed by atoms with Gasteiger partial charge in [-0.15, -0.1) is 6.42 Å². The molecule has 0 fully saturated rings. The lowest BCUT2D eigenvalue weighted by molar-refractivity contribution is -0.138. The molecule has 19 heavy (non-hydrogen) atoms. The Balaban J connectivity index is 3.09. The van der Waals surface area contributed by atoms with Crippen LogP contribution in [0.5, 0.6) is 0 Å². The van der Waals surface area contributed by atoms with Gasteiger partial charge in [0.1, 0.15) is 6.61 Å². The molecule has 0 saturated heterocycles. The van der Waals surface area contributed by atoms with Crippen molar-refractivity contribution in [2.24, 2.45) is 0 Å². The fourth-order valence-electron chi connectivity index (χ4n) is 1.46. The molecule has 0 aromatic heterocycles. The third-order valence-corrected chi connectivity index (χ3v) is 2.33. The fourth-order valence-corrected chi connectivity index (χ4v) is 1.46. The molecule has 1 rings (SSSR count). The van der Waals surface area contributed by atoms with Crippen LogP contribution < -0.4 is 5.32 Å². The highest BCUT2D eigenvalue weighted by Gasteiger charge is 2.31. The first-order valence-electron chi connectivity index (χ1n) is 5.34. The minimum atomic E-state index is -4.48. The largest absolute Gasteiger partial charge is 0.416 e. The highest BCUT2D eigenvalue weighted by atomic mass is 19.4. The maximum atomic E-state index is 12.6. The molecule has 1 atom stereocenters. The van der Waals surface area contributed by atoms with Crippen LogP contribution in [0.25, 0.3) is 0 Å². The molecule has 0 saturated carbocycles. The molecule has 1 aromatic rings. The summed E-state index contributed by atoms with van der Waals surface area (Å²) in [6, 6.07) is 4.39. The predicted molar refractivity (Wildman–Crippen MR) is 63.0 cm³/mol. The van der Waals surface area contributed by atoms with Crippen molar-refractivity contribution in [3.63, 3.8) is 0 Å². The molecule has 6 heteroatoms. The van der Waals surface area contributed by atoms with E-state index >= 15 is 0 Å². The molecule has 1 N–H and O–H groups in total. The van der Waals surface area contributed by atoms with Crippen LogP contribution in [-0.4, -0.2) is 19.6 Å². The molecule has 0 aliphatic carbocycles. The number of amides is 1. The van der Waals surface area contributed by atoms with Crippen LogP contribution >= 0.6 is 0 Å². The summed E-state index contributed by atoms with van der Waals surface area (Å²) in [4.78, 5) is 11.6. The third-order valence-electron chi connectivity index (χ3n) is 2.33. The third kappa shape index (κ3) is 4.00. The molecule has 102 valence electrons. The molecule has 3 nitrogen and oxygen atoms in total. The van der Waals surface area contributed by atoms with Gasteiger partial charge in [0.2, 0.25) is 0 Å². The molecule has 1 amide bonds. The van der Waals surface area contributed by atoms with Gasteiger partial charge >= 0.3 is 6.18 Å². The second-order valence-corrected chi connectivity index (χ2v) is 3.63. The molecule has 0 aliphatic heterocycles. The zero-order valence-electron chi connectivity index (χ0n) is 10.1. The first-order valence-corrected chi connectivity index (χ1v) is 5.34. The zero-order valence-corrected chi connectivity index (χ0v) is 10.1. The van der Waals surface area contributed by atoms with Crippen molar-refractivity contribution < 1.29 is 22.7 Å². The van der Waals surface area contributed by atoms with Crippen LogP contribution in [0.15, 0.2) is 24.3 Å². The van der Waals surface area contributed by atoms with Crippen molar-refractivity contribution in [3.05, 3.63) is 35.4 Å². The summed E-state index contributed by atoms with van der Waals surface area (Å²) in [5, 5.41) is 2.32. The van der Waals surface area contributed by atoms with Gasteiger partial charge in [-0.2, -0.15) is 13.2 Å². The van der Waals surface area contributed by atoms with Gasteiger partial charge < -0.3 is 10.1 Å². The van der Waals surface area contributed by atoms with Gasteiger partial charge in [0.15, 0.2) is 6.10 Å². The highest BCUT2D eigenvalue weighted by molar-refractivity contribution is 5.82. The Morgan fingerprint density at radius 1 is 1.53 bits per heavy atom.